The van der Waals surface area contributed by atoms with Crippen LogP contribution in [0.15, 0.2) is 53.5 Å². The summed E-state index contributed by atoms with van der Waals surface area (Å²) in [6.07, 6.45) is 2.45. The van der Waals surface area contributed by atoms with Crippen LogP contribution in [0.3, 0.4) is 0 Å². The number of anilines is 1. The van der Waals surface area contributed by atoms with Gasteiger partial charge < -0.3 is 10.2 Å². The molecule has 0 aliphatic carbocycles. The molecule has 2 aromatic rings. The van der Waals surface area contributed by atoms with Crippen LogP contribution >= 0.6 is 0 Å². The summed E-state index contributed by atoms with van der Waals surface area (Å²) >= 11 is 0. The minimum atomic E-state index is 0.807. The van der Waals surface area contributed by atoms with E-state index in [1.807, 2.05) is 0 Å². The fourth-order valence-corrected chi connectivity index (χ4v) is 2.91. The van der Waals surface area contributed by atoms with Crippen molar-refractivity contribution in [3.8, 4) is 0 Å². The second kappa shape index (κ2) is 7.52. The molecule has 0 atom stereocenters. The number of rotatable bonds is 2. The topological polar surface area (TPSA) is 27.6 Å². The van der Waals surface area contributed by atoms with E-state index in [2.05, 4.69) is 79.5 Å². The van der Waals surface area contributed by atoms with Crippen molar-refractivity contribution in [2.24, 2.45) is 10.9 Å². The summed E-state index contributed by atoms with van der Waals surface area (Å²) in [6, 6.07) is 16.9. The maximum atomic E-state index is 4.90. The Kier molecular flexibility index (Phi) is 5.19. The number of benzene rings is 2. The third-order valence-corrected chi connectivity index (χ3v) is 4.66. The molecule has 1 heterocycles. The minimum Gasteiger partial charge on any atom is -0.342 e. The van der Waals surface area contributed by atoms with Gasteiger partial charge in [-0.15, -0.1) is 0 Å². The molecule has 3 rings (SSSR count). The van der Waals surface area contributed by atoms with Gasteiger partial charge in [0, 0.05) is 18.8 Å². The first-order chi connectivity index (χ1) is 11.6. The molecule has 3 nitrogen and oxygen atoms in total. The monoisotopic (exact) mass is 321 g/mol. The predicted octanol–water partition coefficient (Wildman–Crippen LogP) is 5.13. The van der Waals surface area contributed by atoms with Gasteiger partial charge in [0.25, 0.3) is 0 Å². The molecule has 0 saturated carbocycles. The number of likely N-dealkylation sites (tertiary alicyclic amines) is 1. The first kappa shape index (κ1) is 16.6. The quantitative estimate of drug-likeness (QED) is 0.613. The molecule has 1 aliphatic rings. The molecule has 0 spiro atoms. The number of nitrogens with one attached hydrogen (secondary N) is 1. The van der Waals surface area contributed by atoms with Gasteiger partial charge in [-0.3, -0.25) is 0 Å². The zero-order chi connectivity index (χ0) is 16.9. The molecular weight excluding hydrogens is 294 g/mol. The maximum Gasteiger partial charge on any atom is 0.203 e. The molecule has 1 saturated heterocycles. The number of hydrogen-bond donors (Lipinski definition) is 1. The molecule has 126 valence electrons. The second-order valence-electron chi connectivity index (χ2n) is 6.93. The van der Waals surface area contributed by atoms with Crippen molar-refractivity contribution in [1.29, 1.82) is 0 Å². The van der Waals surface area contributed by atoms with Crippen molar-refractivity contribution in [1.82, 2.24) is 4.90 Å². The van der Waals surface area contributed by atoms with E-state index < -0.39 is 0 Å². The standard InChI is InChI=1S/C21H27N3/c1-16-4-8-19(9-5-16)22-21(24-14-12-18(3)13-15-24)23-20-10-6-17(2)7-11-20/h4-11,18H,12-15H2,1-3H3,(H,22,23). The molecule has 0 radical (unpaired) electrons. The molecular formula is C21H27N3. The number of piperidine rings is 1. The highest BCUT2D eigenvalue weighted by Crippen LogP contribution is 2.20. The van der Waals surface area contributed by atoms with Gasteiger partial charge in [0.1, 0.15) is 0 Å². The molecule has 1 N–H and O–H groups in total. The van der Waals surface area contributed by atoms with Gasteiger partial charge in [-0.05, 0) is 56.9 Å². The molecule has 0 bridgehead atoms. The van der Waals surface area contributed by atoms with E-state index >= 15 is 0 Å². The zero-order valence-electron chi connectivity index (χ0n) is 14.9. The molecule has 0 unspecified atom stereocenters. The summed E-state index contributed by atoms with van der Waals surface area (Å²) in [6.45, 7) is 8.67. The minimum absolute atomic E-state index is 0.807. The number of aliphatic imine (C=N–C) groups is 1. The number of nitrogens with zero attached hydrogens (tertiary/aromatic N) is 2. The molecule has 0 amide bonds. The lowest BCUT2D eigenvalue weighted by Gasteiger charge is -2.33. The summed E-state index contributed by atoms with van der Waals surface area (Å²) in [4.78, 5) is 7.27. The Bertz CT molecular complexity index is 678. The SMILES string of the molecule is Cc1ccc(N=C(Nc2ccc(C)cc2)N2CCC(C)CC2)cc1. The van der Waals surface area contributed by atoms with Crippen LogP contribution in [-0.4, -0.2) is 23.9 Å². The van der Waals surface area contributed by atoms with E-state index in [0.29, 0.717) is 0 Å². The summed E-state index contributed by atoms with van der Waals surface area (Å²) in [5.74, 6) is 1.76. The third-order valence-electron chi connectivity index (χ3n) is 4.66. The lowest BCUT2D eigenvalue weighted by Crippen LogP contribution is -2.41. The Hall–Kier alpha value is -2.29. The van der Waals surface area contributed by atoms with Crippen LogP contribution in [0.1, 0.15) is 30.9 Å². The third kappa shape index (κ3) is 4.38. The van der Waals surface area contributed by atoms with Gasteiger partial charge in [0.15, 0.2) is 0 Å². The first-order valence-electron chi connectivity index (χ1n) is 8.84. The molecule has 24 heavy (non-hydrogen) atoms. The van der Waals surface area contributed by atoms with Crippen molar-refractivity contribution in [2.45, 2.75) is 33.6 Å². The summed E-state index contributed by atoms with van der Waals surface area (Å²) in [7, 11) is 0. The highest BCUT2D eigenvalue weighted by atomic mass is 15.3. The summed E-state index contributed by atoms with van der Waals surface area (Å²) in [5, 5.41) is 3.53. The lowest BCUT2D eigenvalue weighted by molar-refractivity contribution is 0.280. The smallest absolute Gasteiger partial charge is 0.203 e. The van der Waals surface area contributed by atoms with Crippen LogP contribution in [0.2, 0.25) is 0 Å². The van der Waals surface area contributed by atoms with Gasteiger partial charge in [-0.25, -0.2) is 4.99 Å². The predicted molar refractivity (Wildman–Crippen MR) is 103 cm³/mol. The molecule has 0 aromatic heterocycles. The van der Waals surface area contributed by atoms with E-state index in [4.69, 9.17) is 4.99 Å². The van der Waals surface area contributed by atoms with E-state index in [-0.39, 0.29) is 0 Å². The molecule has 1 fully saturated rings. The highest BCUT2D eigenvalue weighted by Gasteiger charge is 2.19. The summed E-state index contributed by atoms with van der Waals surface area (Å²) < 4.78 is 0. The van der Waals surface area contributed by atoms with Crippen LogP contribution in [0.4, 0.5) is 11.4 Å². The van der Waals surface area contributed by atoms with Crippen LogP contribution in [0, 0.1) is 19.8 Å². The highest BCUT2D eigenvalue weighted by molar-refractivity contribution is 5.95. The van der Waals surface area contributed by atoms with Gasteiger partial charge in [-0.1, -0.05) is 42.3 Å². The average Bonchev–Trinajstić information content (AvgIpc) is 2.59. The molecule has 3 heteroatoms. The Labute approximate surface area is 145 Å². The Morgan fingerprint density at radius 2 is 1.46 bits per heavy atom. The largest absolute Gasteiger partial charge is 0.342 e. The van der Waals surface area contributed by atoms with Gasteiger partial charge in [0.05, 0.1) is 5.69 Å². The second-order valence-corrected chi connectivity index (χ2v) is 6.93. The number of aryl methyl sites for hydroxylation is 2. The Morgan fingerprint density at radius 1 is 0.917 bits per heavy atom. The molecule has 2 aromatic carbocycles. The first-order valence-corrected chi connectivity index (χ1v) is 8.84. The van der Waals surface area contributed by atoms with Gasteiger partial charge >= 0.3 is 0 Å². The fraction of sp³-hybridized carbons (Fsp3) is 0.381. The van der Waals surface area contributed by atoms with Crippen molar-refractivity contribution >= 4 is 17.3 Å². The van der Waals surface area contributed by atoms with Crippen molar-refractivity contribution in [3.63, 3.8) is 0 Å². The van der Waals surface area contributed by atoms with Gasteiger partial charge in [0.2, 0.25) is 5.96 Å². The van der Waals surface area contributed by atoms with E-state index in [1.165, 1.54) is 24.0 Å². The number of guanidine groups is 1. The molecule has 1 aliphatic heterocycles. The van der Waals surface area contributed by atoms with Crippen LogP contribution in [0.5, 0.6) is 0 Å². The zero-order valence-corrected chi connectivity index (χ0v) is 14.9. The van der Waals surface area contributed by atoms with Gasteiger partial charge in [-0.2, -0.15) is 0 Å². The van der Waals surface area contributed by atoms with E-state index in [9.17, 15) is 0 Å². The average molecular weight is 321 g/mol. The number of hydrogen-bond acceptors (Lipinski definition) is 1. The van der Waals surface area contributed by atoms with Crippen molar-refractivity contribution in [3.05, 3.63) is 59.7 Å². The maximum absolute atomic E-state index is 4.90. The van der Waals surface area contributed by atoms with Crippen molar-refractivity contribution < 1.29 is 0 Å². The Balaban J connectivity index is 1.85. The lowest BCUT2D eigenvalue weighted by atomic mass is 9.99. The van der Waals surface area contributed by atoms with Crippen LogP contribution in [-0.2, 0) is 0 Å². The van der Waals surface area contributed by atoms with Crippen LogP contribution in [0.25, 0.3) is 0 Å². The summed E-state index contributed by atoms with van der Waals surface area (Å²) in [5.41, 5.74) is 4.61. The van der Waals surface area contributed by atoms with Crippen LogP contribution < -0.4 is 5.32 Å². The van der Waals surface area contributed by atoms with Crippen molar-refractivity contribution in [2.75, 3.05) is 18.4 Å². The van der Waals surface area contributed by atoms with E-state index in [1.54, 1.807) is 0 Å². The Morgan fingerprint density at radius 3 is 2.04 bits per heavy atom. The van der Waals surface area contributed by atoms with E-state index in [0.717, 1.165) is 36.3 Å². The normalized spacial score (nSPS) is 16.3. The fourth-order valence-electron chi connectivity index (χ4n) is 2.91.